The first-order valence-electron chi connectivity index (χ1n) is 6.14. The van der Waals surface area contributed by atoms with E-state index in [0.29, 0.717) is 22.7 Å². The Kier molecular flexibility index (Phi) is 5.31. The summed E-state index contributed by atoms with van der Waals surface area (Å²) in [6.45, 7) is 0. The molecule has 0 aliphatic carbocycles. The molecule has 0 aliphatic rings. The molecule has 0 bridgehead atoms. The van der Waals surface area contributed by atoms with Gasteiger partial charge in [0.05, 0.1) is 10.7 Å². The fourth-order valence-corrected chi connectivity index (χ4v) is 2.48. The van der Waals surface area contributed by atoms with Crippen molar-refractivity contribution in [2.75, 3.05) is 5.32 Å². The molecule has 0 atom stereocenters. The summed E-state index contributed by atoms with van der Waals surface area (Å²) < 4.78 is 26.6. The molecule has 0 aromatic heterocycles. The second kappa shape index (κ2) is 7.00. The van der Waals surface area contributed by atoms with E-state index in [2.05, 4.69) is 21.2 Å². The average Bonchev–Trinajstić information content (AvgIpc) is 2.43. The van der Waals surface area contributed by atoms with E-state index in [0.717, 1.165) is 16.6 Å². The molecule has 0 aliphatic heterocycles. The molecule has 2 nitrogen and oxygen atoms in total. The Hall–Kier alpha value is -1.46. The predicted octanol–water partition coefficient (Wildman–Crippen LogP) is 4.95. The third kappa shape index (κ3) is 4.51. The van der Waals surface area contributed by atoms with E-state index in [1.807, 2.05) is 0 Å². The van der Waals surface area contributed by atoms with Gasteiger partial charge in [-0.1, -0.05) is 33.6 Å². The lowest BCUT2D eigenvalue weighted by molar-refractivity contribution is -0.116. The van der Waals surface area contributed by atoms with Gasteiger partial charge >= 0.3 is 0 Å². The molecule has 1 amide bonds. The molecule has 110 valence electrons. The van der Waals surface area contributed by atoms with Crippen molar-refractivity contribution < 1.29 is 13.6 Å². The summed E-state index contributed by atoms with van der Waals surface area (Å²) in [6.07, 6.45) is 0.467. The Morgan fingerprint density at radius 2 is 1.90 bits per heavy atom. The molecule has 1 N–H and O–H groups in total. The van der Waals surface area contributed by atoms with E-state index in [1.54, 1.807) is 18.2 Å². The topological polar surface area (TPSA) is 29.1 Å². The van der Waals surface area contributed by atoms with Crippen LogP contribution >= 0.6 is 27.5 Å². The average molecular weight is 375 g/mol. The Balaban J connectivity index is 1.94. The molecular formula is C15H11BrClF2NO. The van der Waals surface area contributed by atoms with Crippen molar-refractivity contribution in [2.24, 2.45) is 0 Å². The van der Waals surface area contributed by atoms with Crippen molar-refractivity contribution in [1.82, 2.24) is 0 Å². The van der Waals surface area contributed by atoms with E-state index < -0.39 is 11.6 Å². The largest absolute Gasteiger partial charge is 0.325 e. The molecule has 0 saturated carbocycles. The summed E-state index contributed by atoms with van der Waals surface area (Å²) in [6, 6.07) is 8.72. The summed E-state index contributed by atoms with van der Waals surface area (Å²) in [5.41, 5.74) is 1.07. The van der Waals surface area contributed by atoms with E-state index in [1.165, 1.54) is 6.07 Å². The van der Waals surface area contributed by atoms with Gasteiger partial charge in [-0.2, -0.15) is 0 Å². The monoisotopic (exact) mass is 373 g/mol. The van der Waals surface area contributed by atoms with Crippen molar-refractivity contribution in [3.63, 3.8) is 0 Å². The summed E-state index contributed by atoms with van der Waals surface area (Å²) in [5, 5.41) is 3.10. The van der Waals surface area contributed by atoms with Gasteiger partial charge in [-0.25, -0.2) is 8.78 Å². The summed E-state index contributed by atoms with van der Waals surface area (Å²) in [5.74, 6) is -2.06. The van der Waals surface area contributed by atoms with Gasteiger partial charge in [-0.15, -0.1) is 0 Å². The van der Waals surface area contributed by atoms with Gasteiger partial charge in [0.25, 0.3) is 0 Å². The number of hydrogen-bond donors (Lipinski definition) is 1. The number of benzene rings is 2. The maximum atomic E-state index is 13.0. The van der Waals surface area contributed by atoms with Crippen LogP contribution in [-0.2, 0) is 11.2 Å². The minimum atomic E-state index is -0.913. The SMILES string of the molecule is O=C(CCc1ccc(F)c(F)c1)Nc1ccc(Br)cc1Cl. The molecule has 0 unspecified atom stereocenters. The number of amides is 1. The normalized spacial score (nSPS) is 10.5. The minimum absolute atomic E-state index is 0.150. The Morgan fingerprint density at radius 3 is 2.57 bits per heavy atom. The van der Waals surface area contributed by atoms with Crippen LogP contribution in [0.25, 0.3) is 0 Å². The fraction of sp³-hybridized carbons (Fsp3) is 0.133. The van der Waals surface area contributed by atoms with Gasteiger partial charge in [0, 0.05) is 10.9 Å². The number of halogens is 4. The predicted molar refractivity (Wildman–Crippen MR) is 82.5 cm³/mol. The van der Waals surface area contributed by atoms with Crippen LogP contribution < -0.4 is 5.32 Å². The summed E-state index contributed by atoms with van der Waals surface area (Å²) in [4.78, 5) is 11.8. The zero-order valence-electron chi connectivity index (χ0n) is 10.8. The molecule has 0 spiro atoms. The zero-order chi connectivity index (χ0) is 15.4. The third-order valence-corrected chi connectivity index (χ3v) is 3.64. The number of carbonyl (C=O) groups is 1. The smallest absolute Gasteiger partial charge is 0.224 e. The van der Waals surface area contributed by atoms with Crippen LogP contribution in [0.4, 0.5) is 14.5 Å². The third-order valence-electron chi connectivity index (χ3n) is 2.83. The molecule has 0 heterocycles. The molecule has 6 heteroatoms. The fourth-order valence-electron chi connectivity index (χ4n) is 1.76. The molecule has 0 fully saturated rings. The van der Waals surface area contributed by atoms with Gasteiger partial charge < -0.3 is 5.32 Å². The van der Waals surface area contributed by atoms with Gasteiger partial charge in [0.1, 0.15) is 0 Å². The number of nitrogens with one attached hydrogen (secondary N) is 1. The molecule has 2 aromatic rings. The van der Waals surface area contributed by atoms with E-state index in [4.69, 9.17) is 11.6 Å². The molecule has 2 aromatic carbocycles. The van der Waals surface area contributed by atoms with Crippen LogP contribution in [0.3, 0.4) is 0 Å². The van der Waals surface area contributed by atoms with Crippen LogP contribution in [0, 0.1) is 11.6 Å². The molecule has 0 saturated heterocycles. The molecule has 0 radical (unpaired) electrons. The quantitative estimate of drug-likeness (QED) is 0.806. The molecular weight excluding hydrogens is 364 g/mol. The van der Waals surface area contributed by atoms with E-state index in [9.17, 15) is 13.6 Å². The lowest BCUT2D eigenvalue weighted by Gasteiger charge is -2.08. The van der Waals surface area contributed by atoms with Crippen molar-refractivity contribution in [3.8, 4) is 0 Å². The maximum absolute atomic E-state index is 13.0. The number of rotatable bonds is 4. The summed E-state index contributed by atoms with van der Waals surface area (Å²) >= 11 is 9.27. The first kappa shape index (κ1) is 15.9. The number of aryl methyl sites for hydroxylation is 1. The first-order valence-corrected chi connectivity index (χ1v) is 7.31. The lowest BCUT2D eigenvalue weighted by Crippen LogP contribution is -2.12. The first-order chi connectivity index (χ1) is 9.95. The zero-order valence-corrected chi connectivity index (χ0v) is 13.1. The Bertz CT molecular complexity index is 679. The Labute approximate surface area is 134 Å². The van der Waals surface area contributed by atoms with Crippen LogP contribution in [0.15, 0.2) is 40.9 Å². The number of carbonyl (C=O) groups excluding carboxylic acids is 1. The highest BCUT2D eigenvalue weighted by Gasteiger charge is 2.08. The highest BCUT2D eigenvalue weighted by molar-refractivity contribution is 9.10. The number of anilines is 1. The highest BCUT2D eigenvalue weighted by Crippen LogP contribution is 2.25. The standard InChI is InChI=1S/C15H11BrClF2NO/c16-10-3-5-14(11(17)8-10)20-15(21)6-2-9-1-4-12(18)13(19)7-9/h1,3-5,7-8H,2,6H2,(H,20,21). The maximum Gasteiger partial charge on any atom is 0.224 e. The van der Waals surface area contributed by atoms with Crippen LogP contribution in [0.2, 0.25) is 5.02 Å². The van der Waals surface area contributed by atoms with Crippen molar-refractivity contribution in [2.45, 2.75) is 12.8 Å². The van der Waals surface area contributed by atoms with Crippen molar-refractivity contribution >= 4 is 39.1 Å². The second-order valence-electron chi connectivity index (χ2n) is 4.42. The van der Waals surface area contributed by atoms with Crippen molar-refractivity contribution in [3.05, 3.63) is 63.1 Å². The highest BCUT2D eigenvalue weighted by atomic mass is 79.9. The van der Waals surface area contributed by atoms with Gasteiger partial charge in [0.15, 0.2) is 11.6 Å². The lowest BCUT2D eigenvalue weighted by atomic mass is 10.1. The van der Waals surface area contributed by atoms with E-state index in [-0.39, 0.29) is 12.3 Å². The second-order valence-corrected chi connectivity index (χ2v) is 5.74. The minimum Gasteiger partial charge on any atom is -0.325 e. The van der Waals surface area contributed by atoms with Crippen molar-refractivity contribution in [1.29, 1.82) is 0 Å². The summed E-state index contributed by atoms with van der Waals surface area (Å²) in [7, 11) is 0. The van der Waals surface area contributed by atoms with Crippen LogP contribution in [0.5, 0.6) is 0 Å². The van der Waals surface area contributed by atoms with Crippen LogP contribution in [-0.4, -0.2) is 5.91 Å². The molecule has 21 heavy (non-hydrogen) atoms. The van der Waals surface area contributed by atoms with Crippen LogP contribution in [0.1, 0.15) is 12.0 Å². The van der Waals surface area contributed by atoms with E-state index >= 15 is 0 Å². The van der Waals surface area contributed by atoms with Gasteiger partial charge in [0.2, 0.25) is 5.91 Å². The van der Waals surface area contributed by atoms with Gasteiger partial charge in [-0.3, -0.25) is 4.79 Å². The Morgan fingerprint density at radius 1 is 1.14 bits per heavy atom. The van der Waals surface area contributed by atoms with Gasteiger partial charge in [-0.05, 0) is 42.3 Å². The molecule has 2 rings (SSSR count). The number of hydrogen-bond acceptors (Lipinski definition) is 1.